The van der Waals surface area contributed by atoms with Crippen molar-refractivity contribution in [1.29, 1.82) is 0 Å². The highest BCUT2D eigenvalue weighted by Crippen LogP contribution is 2.36. The second-order valence-corrected chi connectivity index (χ2v) is 8.25. The second kappa shape index (κ2) is 9.34. The Bertz CT molecular complexity index is 1060. The fourth-order valence-corrected chi connectivity index (χ4v) is 4.05. The van der Waals surface area contributed by atoms with Crippen LogP contribution in [0.5, 0.6) is 0 Å². The molecule has 0 saturated carbocycles. The van der Waals surface area contributed by atoms with Gasteiger partial charge in [-0.05, 0) is 42.5 Å². The summed E-state index contributed by atoms with van der Waals surface area (Å²) in [7, 11) is 0. The van der Waals surface area contributed by atoms with Crippen molar-refractivity contribution in [2.75, 3.05) is 10.2 Å². The van der Waals surface area contributed by atoms with E-state index in [9.17, 15) is 19.2 Å². The average molecular weight is 465 g/mol. The maximum absolute atomic E-state index is 12.8. The van der Waals surface area contributed by atoms with Crippen LogP contribution < -0.4 is 10.2 Å². The third-order valence-electron chi connectivity index (χ3n) is 4.04. The first-order valence-corrected chi connectivity index (χ1v) is 10.2. The quantitative estimate of drug-likeness (QED) is 0.494. The van der Waals surface area contributed by atoms with Crippen molar-refractivity contribution in [2.24, 2.45) is 0 Å². The number of hydrogen-bond donors (Lipinski definition) is 2. The lowest BCUT2D eigenvalue weighted by atomic mass is 10.3. The molecule has 1 aliphatic rings. The molecule has 1 atom stereocenters. The van der Waals surface area contributed by atoms with Gasteiger partial charge in [0.15, 0.2) is 0 Å². The number of amides is 3. The number of imide groups is 1. The molecule has 1 saturated heterocycles. The molecule has 1 heterocycles. The van der Waals surface area contributed by atoms with Crippen molar-refractivity contribution in [1.82, 2.24) is 0 Å². The zero-order chi connectivity index (χ0) is 21.8. The third-order valence-corrected chi connectivity index (χ3v) is 5.98. The van der Waals surface area contributed by atoms with Crippen LogP contribution >= 0.6 is 35.0 Å². The van der Waals surface area contributed by atoms with E-state index in [1.54, 1.807) is 30.3 Å². The minimum absolute atomic E-state index is 0.0439. The fraction of sp³-hybridized carbons (Fsp3) is 0.100. The molecule has 2 aromatic carbocycles. The molecule has 30 heavy (non-hydrogen) atoms. The van der Waals surface area contributed by atoms with Crippen LogP contribution in [0, 0.1) is 0 Å². The van der Waals surface area contributed by atoms with Crippen LogP contribution in [0.25, 0.3) is 0 Å². The summed E-state index contributed by atoms with van der Waals surface area (Å²) >= 11 is 13.1. The van der Waals surface area contributed by atoms with E-state index in [0.29, 0.717) is 16.4 Å². The lowest BCUT2D eigenvalue weighted by molar-refractivity contribution is -0.131. The predicted octanol–water partition coefficient (Wildman–Crippen LogP) is 4.00. The van der Waals surface area contributed by atoms with E-state index in [0.717, 1.165) is 21.9 Å². The molecular formula is C20H14Cl2N2O5S. The Morgan fingerprint density at radius 2 is 1.77 bits per heavy atom. The summed E-state index contributed by atoms with van der Waals surface area (Å²) in [6.45, 7) is 0. The van der Waals surface area contributed by atoms with Crippen LogP contribution in [0.4, 0.5) is 11.4 Å². The molecule has 0 bridgehead atoms. The van der Waals surface area contributed by atoms with Crippen molar-refractivity contribution in [2.45, 2.75) is 16.6 Å². The number of thioether (sulfide) groups is 1. The Kier molecular flexibility index (Phi) is 6.81. The van der Waals surface area contributed by atoms with Gasteiger partial charge in [0.1, 0.15) is 0 Å². The van der Waals surface area contributed by atoms with Crippen molar-refractivity contribution < 1.29 is 24.3 Å². The molecular weight excluding hydrogens is 451 g/mol. The molecule has 2 aromatic rings. The highest BCUT2D eigenvalue weighted by atomic mass is 35.5. The van der Waals surface area contributed by atoms with Gasteiger partial charge >= 0.3 is 5.97 Å². The minimum Gasteiger partial charge on any atom is -0.478 e. The number of rotatable bonds is 6. The zero-order valence-corrected chi connectivity index (χ0v) is 17.5. The van der Waals surface area contributed by atoms with Gasteiger partial charge in [0, 0.05) is 29.2 Å². The molecule has 1 unspecified atom stereocenters. The number of carbonyl (C=O) groups is 4. The van der Waals surface area contributed by atoms with Crippen molar-refractivity contribution in [3.63, 3.8) is 0 Å². The summed E-state index contributed by atoms with van der Waals surface area (Å²) in [5, 5.41) is 11.0. The minimum atomic E-state index is -1.22. The van der Waals surface area contributed by atoms with E-state index in [1.165, 1.54) is 23.9 Å². The van der Waals surface area contributed by atoms with Crippen LogP contribution in [-0.4, -0.2) is 34.0 Å². The van der Waals surface area contributed by atoms with Crippen LogP contribution in [0.1, 0.15) is 6.42 Å². The van der Waals surface area contributed by atoms with Crippen molar-refractivity contribution in [3.05, 3.63) is 64.7 Å². The summed E-state index contributed by atoms with van der Waals surface area (Å²) in [4.78, 5) is 49.0. The summed E-state index contributed by atoms with van der Waals surface area (Å²) in [6, 6.07) is 11.2. The predicted molar refractivity (Wildman–Crippen MR) is 115 cm³/mol. The number of benzene rings is 2. The highest BCUT2D eigenvalue weighted by Gasteiger charge is 2.40. The number of nitrogens with one attached hydrogen (secondary N) is 1. The number of carboxylic acids is 1. The lowest BCUT2D eigenvalue weighted by Crippen LogP contribution is -2.31. The number of carbonyl (C=O) groups excluding carboxylic acids is 3. The van der Waals surface area contributed by atoms with Gasteiger partial charge in [0.05, 0.1) is 21.0 Å². The van der Waals surface area contributed by atoms with E-state index in [-0.39, 0.29) is 23.3 Å². The summed E-state index contributed by atoms with van der Waals surface area (Å²) in [5.41, 5.74) is 0.834. The summed E-state index contributed by atoms with van der Waals surface area (Å²) < 4.78 is 0. The fourth-order valence-electron chi connectivity index (χ4n) is 2.70. The molecule has 3 rings (SSSR count). The Hall–Kier alpha value is -2.81. The summed E-state index contributed by atoms with van der Waals surface area (Å²) in [5.74, 6) is -2.47. The van der Waals surface area contributed by atoms with Gasteiger partial charge in [-0.25, -0.2) is 9.69 Å². The number of carboxylic acid groups (broad SMARTS) is 1. The number of anilines is 2. The molecule has 1 fully saturated rings. The van der Waals surface area contributed by atoms with E-state index >= 15 is 0 Å². The first-order chi connectivity index (χ1) is 14.2. The van der Waals surface area contributed by atoms with E-state index in [4.69, 9.17) is 28.3 Å². The van der Waals surface area contributed by atoms with Gasteiger partial charge in [0.2, 0.25) is 17.7 Å². The number of hydrogen-bond acceptors (Lipinski definition) is 5. The Morgan fingerprint density at radius 1 is 1.07 bits per heavy atom. The number of aliphatic carboxylic acids is 1. The second-order valence-electron chi connectivity index (χ2n) is 6.16. The van der Waals surface area contributed by atoms with Crippen LogP contribution in [-0.2, 0) is 19.2 Å². The molecule has 1 aliphatic heterocycles. The van der Waals surface area contributed by atoms with E-state index in [1.807, 2.05) is 0 Å². The van der Waals surface area contributed by atoms with E-state index in [2.05, 4.69) is 5.32 Å². The van der Waals surface area contributed by atoms with Gasteiger partial charge < -0.3 is 10.4 Å². The van der Waals surface area contributed by atoms with Crippen LogP contribution in [0.15, 0.2) is 59.5 Å². The maximum Gasteiger partial charge on any atom is 0.328 e. The molecule has 7 nitrogen and oxygen atoms in total. The van der Waals surface area contributed by atoms with Crippen molar-refractivity contribution in [3.8, 4) is 0 Å². The molecule has 0 radical (unpaired) electrons. The standard InChI is InChI=1S/C20H14Cl2N2O5S/c21-14-6-3-12(9-15(14)22)24-18(26)10-16(20(24)29)30-13-4-1-11(2-5-13)23-17(25)7-8-19(27)28/h1-9,16H,10H2,(H,23,25)(H,27,28). The number of halogens is 2. The molecule has 0 aromatic heterocycles. The van der Waals surface area contributed by atoms with Gasteiger partial charge in [-0.15, -0.1) is 11.8 Å². The smallest absolute Gasteiger partial charge is 0.328 e. The monoisotopic (exact) mass is 464 g/mol. The van der Waals surface area contributed by atoms with Gasteiger partial charge in [-0.2, -0.15) is 0 Å². The lowest BCUT2D eigenvalue weighted by Gasteiger charge is -2.15. The molecule has 0 spiro atoms. The van der Waals surface area contributed by atoms with Gasteiger partial charge in [-0.3, -0.25) is 14.4 Å². The van der Waals surface area contributed by atoms with Gasteiger partial charge in [-0.1, -0.05) is 23.2 Å². The average Bonchev–Trinajstić information content (AvgIpc) is 2.97. The highest BCUT2D eigenvalue weighted by molar-refractivity contribution is 8.00. The maximum atomic E-state index is 12.8. The number of nitrogens with zero attached hydrogens (tertiary/aromatic N) is 1. The first kappa shape index (κ1) is 21.9. The SMILES string of the molecule is O=C(O)C=CC(=O)Nc1ccc(SC2CC(=O)N(c3ccc(Cl)c(Cl)c3)C2=O)cc1. The van der Waals surface area contributed by atoms with Crippen LogP contribution in [0.3, 0.4) is 0 Å². The van der Waals surface area contributed by atoms with Gasteiger partial charge in [0.25, 0.3) is 0 Å². The van der Waals surface area contributed by atoms with Crippen LogP contribution in [0.2, 0.25) is 10.0 Å². The largest absolute Gasteiger partial charge is 0.478 e. The molecule has 2 N–H and O–H groups in total. The molecule has 0 aliphatic carbocycles. The Balaban J connectivity index is 1.66. The van der Waals surface area contributed by atoms with E-state index < -0.39 is 17.1 Å². The van der Waals surface area contributed by atoms with Crippen molar-refractivity contribution >= 4 is 70.0 Å². The molecule has 10 heteroatoms. The third kappa shape index (κ3) is 5.21. The molecule has 154 valence electrons. The Morgan fingerprint density at radius 3 is 2.40 bits per heavy atom. The molecule has 3 amide bonds. The Labute approximate surface area is 185 Å². The normalized spacial score (nSPS) is 16.3. The first-order valence-electron chi connectivity index (χ1n) is 8.55. The topological polar surface area (TPSA) is 104 Å². The summed E-state index contributed by atoms with van der Waals surface area (Å²) in [6.07, 6.45) is 1.69. The zero-order valence-electron chi connectivity index (χ0n) is 15.2.